The number of aromatic nitrogens is 1. The molecule has 0 saturated carbocycles. The van der Waals surface area contributed by atoms with E-state index >= 15 is 0 Å². The maximum Gasteiger partial charge on any atom is 0.494 e. The summed E-state index contributed by atoms with van der Waals surface area (Å²) in [4.78, 5) is 12.4. The Hall–Kier alpha value is -2.12. The van der Waals surface area contributed by atoms with Crippen molar-refractivity contribution >= 4 is 18.5 Å². The van der Waals surface area contributed by atoms with Crippen LogP contribution in [0, 0.1) is 6.92 Å². The monoisotopic (exact) mass is 398 g/mol. The second-order valence-electron chi connectivity index (χ2n) is 9.78. The highest BCUT2D eigenvalue weighted by Crippen LogP contribution is 2.36. The van der Waals surface area contributed by atoms with E-state index in [-0.39, 0.29) is 22.5 Å². The van der Waals surface area contributed by atoms with Crippen LogP contribution in [0.25, 0.3) is 0 Å². The zero-order valence-corrected chi connectivity index (χ0v) is 18.7. The maximum absolute atomic E-state index is 12.4. The molecule has 2 heterocycles. The second-order valence-corrected chi connectivity index (χ2v) is 9.78. The topological polar surface area (TPSA) is 73.6 Å². The molecule has 1 aliphatic heterocycles. The van der Waals surface area contributed by atoms with E-state index in [4.69, 9.17) is 13.8 Å². The number of hydrogen-bond acceptors (Lipinski definition) is 5. The van der Waals surface area contributed by atoms with Gasteiger partial charge in [-0.2, -0.15) is 0 Å². The number of carbonyl (C=O) groups excluding carboxylic acids is 1. The second kappa shape index (κ2) is 7.29. The molecular formula is C22H31BN2O4. The van der Waals surface area contributed by atoms with Gasteiger partial charge in [0.1, 0.15) is 5.76 Å². The summed E-state index contributed by atoms with van der Waals surface area (Å²) < 4.78 is 17.5. The number of amides is 1. The van der Waals surface area contributed by atoms with E-state index < -0.39 is 7.12 Å². The van der Waals surface area contributed by atoms with Gasteiger partial charge >= 0.3 is 7.12 Å². The smallest absolute Gasteiger partial charge is 0.399 e. The van der Waals surface area contributed by atoms with Crippen LogP contribution in [0.3, 0.4) is 0 Å². The Labute approximate surface area is 173 Å². The highest BCUT2D eigenvalue weighted by molar-refractivity contribution is 6.62. The van der Waals surface area contributed by atoms with Crippen LogP contribution in [0.5, 0.6) is 0 Å². The van der Waals surface area contributed by atoms with Gasteiger partial charge in [-0.25, -0.2) is 0 Å². The summed E-state index contributed by atoms with van der Waals surface area (Å²) in [6.07, 6.45) is 0. The van der Waals surface area contributed by atoms with Crippen molar-refractivity contribution in [2.45, 2.75) is 78.6 Å². The Morgan fingerprint density at radius 3 is 2.24 bits per heavy atom. The maximum atomic E-state index is 12.4. The standard InChI is InChI=1S/C22H31BN2O4/c1-14-11-16(23-28-21(5,6)22(7,8)29-23)10-9-15(14)13-24-19(26)17-12-18(27-25-17)20(2,3)4/h9-12H,13H2,1-8H3,(H,24,26). The predicted molar refractivity (Wildman–Crippen MR) is 113 cm³/mol. The molecule has 156 valence electrons. The average Bonchev–Trinajstić information content (AvgIpc) is 3.16. The quantitative estimate of drug-likeness (QED) is 0.798. The molecule has 1 saturated heterocycles. The van der Waals surface area contributed by atoms with Gasteiger partial charge in [-0.1, -0.05) is 44.1 Å². The molecule has 0 bridgehead atoms. The number of rotatable bonds is 4. The van der Waals surface area contributed by atoms with Crippen LogP contribution in [0.4, 0.5) is 0 Å². The highest BCUT2D eigenvalue weighted by Gasteiger charge is 2.51. The number of aryl methyl sites for hydroxylation is 1. The first-order chi connectivity index (χ1) is 13.3. The van der Waals surface area contributed by atoms with Gasteiger partial charge in [-0.15, -0.1) is 0 Å². The molecule has 0 aliphatic carbocycles. The summed E-state index contributed by atoms with van der Waals surface area (Å²) in [5.41, 5.74) is 2.42. The van der Waals surface area contributed by atoms with Crippen molar-refractivity contribution in [3.8, 4) is 0 Å². The summed E-state index contributed by atoms with van der Waals surface area (Å²) in [5.74, 6) is 0.435. The third kappa shape index (κ3) is 4.41. The normalized spacial score (nSPS) is 18.1. The van der Waals surface area contributed by atoms with Crippen molar-refractivity contribution in [3.63, 3.8) is 0 Å². The van der Waals surface area contributed by atoms with Gasteiger partial charge in [0.25, 0.3) is 5.91 Å². The first-order valence-corrected chi connectivity index (χ1v) is 10.0. The molecule has 1 aromatic carbocycles. The highest BCUT2D eigenvalue weighted by atomic mass is 16.7. The minimum atomic E-state index is -0.395. The van der Waals surface area contributed by atoms with Crippen LogP contribution in [0.1, 0.15) is 75.8 Å². The van der Waals surface area contributed by atoms with E-state index in [1.165, 1.54) is 0 Å². The third-order valence-corrected chi connectivity index (χ3v) is 5.81. The van der Waals surface area contributed by atoms with Gasteiger partial charge in [0.05, 0.1) is 11.2 Å². The molecule has 29 heavy (non-hydrogen) atoms. The Morgan fingerprint density at radius 2 is 1.72 bits per heavy atom. The van der Waals surface area contributed by atoms with E-state index in [0.29, 0.717) is 18.0 Å². The largest absolute Gasteiger partial charge is 0.494 e. The molecule has 7 heteroatoms. The molecule has 1 amide bonds. The lowest BCUT2D eigenvalue weighted by molar-refractivity contribution is 0.00578. The van der Waals surface area contributed by atoms with Crippen molar-refractivity contribution in [2.75, 3.05) is 0 Å². The molecule has 1 aliphatic rings. The van der Waals surface area contributed by atoms with Crippen molar-refractivity contribution in [3.05, 3.63) is 46.8 Å². The fraction of sp³-hybridized carbons (Fsp3) is 0.545. The molecule has 1 aromatic heterocycles. The van der Waals surface area contributed by atoms with Crippen LogP contribution >= 0.6 is 0 Å². The zero-order chi connectivity index (χ0) is 21.6. The van der Waals surface area contributed by atoms with Crippen LogP contribution < -0.4 is 10.8 Å². The molecule has 0 atom stereocenters. The zero-order valence-electron chi connectivity index (χ0n) is 18.7. The van der Waals surface area contributed by atoms with E-state index in [1.807, 2.05) is 67.5 Å². The van der Waals surface area contributed by atoms with E-state index in [9.17, 15) is 4.79 Å². The number of carbonyl (C=O) groups is 1. The molecule has 3 rings (SSSR count). The number of hydrogen-bond donors (Lipinski definition) is 1. The average molecular weight is 398 g/mol. The van der Waals surface area contributed by atoms with Crippen LogP contribution in [0.15, 0.2) is 28.8 Å². The van der Waals surface area contributed by atoms with Crippen LogP contribution in [-0.4, -0.2) is 29.4 Å². The van der Waals surface area contributed by atoms with Gasteiger partial charge in [0, 0.05) is 18.0 Å². The lowest BCUT2D eigenvalue weighted by Gasteiger charge is -2.32. The lowest BCUT2D eigenvalue weighted by atomic mass is 9.78. The predicted octanol–water partition coefficient (Wildman–Crippen LogP) is 3.51. The summed E-state index contributed by atoms with van der Waals surface area (Å²) in [5, 5.41) is 6.80. The van der Waals surface area contributed by atoms with E-state index in [0.717, 1.165) is 16.6 Å². The fourth-order valence-electron chi connectivity index (χ4n) is 3.04. The lowest BCUT2D eigenvalue weighted by Crippen LogP contribution is -2.41. The Kier molecular flexibility index (Phi) is 5.43. The van der Waals surface area contributed by atoms with Gasteiger partial charge in [0.2, 0.25) is 0 Å². The number of nitrogens with zero attached hydrogens (tertiary/aromatic N) is 1. The van der Waals surface area contributed by atoms with Crippen molar-refractivity contribution < 1.29 is 18.6 Å². The first kappa shape index (κ1) is 21.6. The van der Waals surface area contributed by atoms with E-state index in [2.05, 4.69) is 16.5 Å². The summed E-state index contributed by atoms with van der Waals surface area (Å²) in [6, 6.07) is 7.74. The summed E-state index contributed by atoms with van der Waals surface area (Å²) in [6.45, 7) is 16.6. The SMILES string of the molecule is Cc1cc(B2OC(C)(C)C(C)(C)O2)ccc1CNC(=O)c1cc(C(C)(C)C)on1. The minimum absolute atomic E-state index is 0.189. The molecule has 0 spiro atoms. The molecule has 6 nitrogen and oxygen atoms in total. The minimum Gasteiger partial charge on any atom is -0.399 e. The van der Waals surface area contributed by atoms with Gasteiger partial charge in [0.15, 0.2) is 5.69 Å². The van der Waals surface area contributed by atoms with Crippen LogP contribution in [-0.2, 0) is 21.3 Å². The molecule has 1 N–H and O–H groups in total. The molecule has 2 aromatic rings. The van der Waals surface area contributed by atoms with Gasteiger partial charge < -0.3 is 19.1 Å². The summed E-state index contributed by atoms with van der Waals surface area (Å²) in [7, 11) is -0.395. The fourth-order valence-corrected chi connectivity index (χ4v) is 3.04. The molecule has 0 unspecified atom stereocenters. The van der Waals surface area contributed by atoms with Gasteiger partial charge in [-0.05, 0) is 51.2 Å². The van der Waals surface area contributed by atoms with Crippen molar-refractivity contribution in [1.29, 1.82) is 0 Å². The number of nitrogens with one attached hydrogen (secondary N) is 1. The summed E-state index contributed by atoms with van der Waals surface area (Å²) >= 11 is 0. The van der Waals surface area contributed by atoms with E-state index in [1.54, 1.807) is 6.07 Å². The van der Waals surface area contributed by atoms with Crippen molar-refractivity contribution in [2.24, 2.45) is 0 Å². The molecule has 0 radical (unpaired) electrons. The molecule has 1 fully saturated rings. The third-order valence-electron chi connectivity index (χ3n) is 5.81. The first-order valence-electron chi connectivity index (χ1n) is 10.0. The Bertz CT molecular complexity index is 896. The Balaban J connectivity index is 1.66. The van der Waals surface area contributed by atoms with Crippen LogP contribution in [0.2, 0.25) is 0 Å². The van der Waals surface area contributed by atoms with Gasteiger partial charge in [-0.3, -0.25) is 4.79 Å². The van der Waals surface area contributed by atoms with Crippen molar-refractivity contribution in [1.82, 2.24) is 10.5 Å². The Morgan fingerprint density at radius 1 is 1.10 bits per heavy atom. The molecular weight excluding hydrogens is 367 g/mol. The number of benzene rings is 1.